The lowest BCUT2D eigenvalue weighted by atomic mass is 9.97. The number of nitrogens with zero attached hydrogens (tertiary/aromatic N) is 2. The standard InChI is InChI=1S/C23H26N2O5S/c1-3-29-23(28)15-8-10-25(11-9-15)20(26)13-24(2)22(27)19-12-16-14-30-18-7-5-4-6-17(18)21(16)31-19/h4-7,12,15H,3,8-11,13-14H2,1-2H3. The Labute approximate surface area is 185 Å². The van der Waals surface area contributed by atoms with Crippen molar-refractivity contribution in [3.05, 3.63) is 40.8 Å². The molecule has 0 atom stereocenters. The van der Waals surface area contributed by atoms with Crippen molar-refractivity contribution in [1.82, 2.24) is 9.80 Å². The van der Waals surface area contributed by atoms with E-state index in [2.05, 4.69) is 0 Å². The van der Waals surface area contributed by atoms with Crippen molar-refractivity contribution in [2.75, 3.05) is 33.3 Å². The van der Waals surface area contributed by atoms with Crippen LogP contribution in [0.25, 0.3) is 10.4 Å². The minimum Gasteiger partial charge on any atom is -0.488 e. The number of likely N-dealkylation sites (tertiary alicyclic amines) is 1. The first kappa shape index (κ1) is 21.4. The van der Waals surface area contributed by atoms with Crippen LogP contribution in [0.3, 0.4) is 0 Å². The molecule has 2 aliphatic rings. The van der Waals surface area contributed by atoms with E-state index in [1.165, 1.54) is 16.2 Å². The summed E-state index contributed by atoms with van der Waals surface area (Å²) < 4.78 is 10.9. The molecule has 3 heterocycles. The third-order valence-electron chi connectivity index (χ3n) is 5.72. The van der Waals surface area contributed by atoms with Crippen molar-refractivity contribution < 1.29 is 23.9 Å². The average Bonchev–Trinajstić information content (AvgIpc) is 3.23. The van der Waals surface area contributed by atoms with E-state index in [-0.39, 0.29) is 30.2 Å². The van der Waals surface area contributed by atoms with Crippen molar-refractivity contribution >= 4 is 29.1 Å². The number of piperidine rings is 1. The molecule has 1 fully saturated rings. The van der Waals surface area contributed by atoms with Gasteiger partial charge in [0, 0.05) is 36.1 Å². The van der Waals surface area contributed by atoms with Crippen molar-refractivity contribution in [3.8, 4) is 16.2 Å². The van der Waals surface area contributed by atoms with Crippen LogP contribution in [0.1, 0.15) is 35.0 Å². The number of esters is 1. The van der Waals surface area contributed by atoms with E-state index in [1.807, 2.05) is 30.3 Å². The number of benzene rings is 1. The molecular weight excluding hydrogens is 416 g/mol. The second kappa shape index (κ2) is 9.09. The van der Waals surface area contributed by atoms with Gasteiger partial charge in [0.1, 0.15) is 12.4 Å². The van der Waals surface area contributed by atoms with E-state index in [0.29, 0.717) is 44.0 Å². The fourth-order valence-corrected chi connectivity index (χ4v) is 5.18. The predicted octanol–water partition coefficient (Wildman–Crippen LogP) is 3.18. The number of amides is 2. The summed E-state index contributed by atoms with van der Waals surface area (Å²) in [5, 5.41) is 0. The van der Waals surface area contributed by atoms with Gasteiger partial charge in [0.05, 0.1) is 23.9 Å². The maximum Gasteiger partial charge on any atom is 0.309 e. The molecule has 4 rings (SSSR count). The van der Waals surface area contributed by atoms with Crippen LogP contribution >= 0.6 is 11.3 Å². The lowest BCUT2D eigenvalue weighted by Gasteiger charge is -2.32. The number of hydrogen-bond acceptors (Lipinski definition) is 6. The van der Waals surface area contributed by atoms with Gasteiger partial charge in [-0.1, -0.05) is 12.1 Å². The largest absolute Gasteiger partial charge is 0.488 e. The first-order valence-corrected chi connectivity index (χ1v) is 11.3. The minimum atomic E-state index is -0.186. The Morgan fingerprint density at radius 2 is 1.97 bits per heavy atom. The molecule has 31 heavy (non-hydrogen) atoms. The molecule has 1 saturated heterocycles. The molecule has 0 spiro atoms. The predicted molar refractivity (Wildman–Crippen MR) is 117 cm³/mol. The van der Waals surface area contributed by atoms with Gasteiger partial charge >= 0.3 is 5.97 Å². The SMILES string of the molecule is CCOC(=O)C1CCN(C(=O)CN(C)C(=O)c2cc3c(s2)-c2ccccc2OC3)CC1. The zero-order valence-corrected chi connectivity index (χ0v) is 18.6. The Kier molecular flexibility index (Phi) is 6.27. The van der Waals surface area contributed by atoms with Crippen molar-refractivity contribution in [2.45, 2.75) is 26.4 Å². The summed E-state index contributed by atoms with van der Waals surface area (Å²) in [6.07, 6.45) is 1.19. The van der Waals surface area contributed by atoms with Gasteiger partial charge in [-0.2, -0.15) is 0 Å². The molecule has 8 heteroatoms. The number of para-hydroxylation sites is 1. The van der Waals surface area contributed by atoms with Gasteiger partial charge in [-0.3, -0.25) is 14.4 Å². The topological polar surface area (TPSA) is 76.2 Å². The summed E-state index contributed by atoms with van der Waals surface area (Å²) in [7, 11) is 1.65. The zero-order valence-electron chi connectivity index (χ0n) is 17.8. The fraction of sp³-hybridized carbons (Fsp3) is 0.435. The molecule has 1 aromatic heterocycles. The average molecular weight is 443 g/mol. The highest BCUT2D eigenvalue weighted by atomic mass is 32.1. The summed E-state index contributed by atoms with van der Waals surface area (Å²) >= 11 is 1.44. The maximum atomic E-state index is 13.0. The van der Waals surface area contributed by atoms with E-state index in [4.69, 9.17) is 9.47 Å². The van der Waals surface area contributed by atoms with E-state index < -0.39 is 0 Å². The fourth-order valence-electron chi connectivity index (χ4n) is 3.99. The maximum absolute atomic E-state index is 13.0. The third kappa shape index (κ3) is 4.44. The van der Waals surface area contributed by atoms with E-state index >= 15 is 0 Å². The van der Waals surface area contributed by atoms with Gasteiger partial charge in [-0.25, -0.2) is 0 Å². The molecule has 2 aromatic rings. The van der Waals surface area contributed by atoms with Gasteiger partial charge in [0.2, 0.25) is 5.91 Å². The zero-order chi connectivity index (χ0) is 22.0. The van der Waals surface area contributed by atoms with Gasteiger partial charge in [-0.05, 0) is 38.0 Å². The Bertz CT molecular complexity index is 994. The molecule has 0 radical (unpaired) electrons. The first-order valence-electron chi connectivity index (χ1n) is 10.5. The third-order valence-corrected chi connectivity index (χ3v) is 6.92. The smallest absolute Gasteiger partial charge is 0.309 e. The van der Waals surface area contributed by atoms with Gasteiger partial charge in [0.25, 0.3) is 5.91 Å². The highest BCUT2D eigenvalue weighted by Crippen LogP contribution is 2.42. The van der Waals surface area contributed by atoms with Crippen LogP contribution in [-0.4, -0.2) is 60.9 Å². The van der Waals surface area contributed by atoms with Crippen molar-refractivity contribution in [3.63, 3.8) is 0 Å². The number of rotatable bonds is 5. The summed E-state index contributed by atoms with van der Waals surface area (Å²) in [5.74, 6) is 0.213. The minimum absolute atomic E-state index is 0.0125. The Morgan fingerprint density at radius 3 is 2.71 bits per heavy atom. The number of ether oxygens (including phenoxy) is 2. The second-order valence-corrected chi connectivity index (χ2v) is 8.87. The highest BCUT2D eigenvalue weighted by Gasteiger charge is 2.30. The number of hydrogen-bond donors (Lipinski definition) is 0. The molecule has 0 N–H and O–H groups in total. The van der Waals surface area contributed by atoms with Crippen LogP contribution in [0.4, 0.5) is 0 Å². The molecule has 2 amide bonds. The molecule has 1 aromatic carbocycles. The summed E-state index contributed by atoms with van der Waals surface area (Å²) in [6.45, 7) is 3.62. The molecule has 164 valence electrons. The second-order valence-electron chi connectivity index (χ2n) is 7.82. The van der Waals surface area contributed by atoms with E-state index in [9.17, 15) is 14.4 Å². The molecule has 7 nitrogen and oxygen atoms in total. The van der Waals surface area contributed by atoms with Gasteiger partial charge < -0.3 is 19.3 Å². The first-order chi connectivity index (χ1) is 15.0. The summed E-state index contributed by atoms with van der Waals surface area (Å²) in [5.41, 5.74) is 1.99. The molecule has 2 aliphatic heterocycles. The Morgan fingerprint density at radius 1 is 1.23 bits per heavy atom. The Hall–Kier alpha value is -2.87. The number of carbonyl (C=O) groups is 3. The van der Waals surface area contributed by atoms with Gasteiger partial charge in [0.15, 0.2) is 0 Å². The monoisotopic (exact) mass is 442 g/mol. The molecule has 0 bridgehead atoms. The van der Waals surface area contributed by atoms with Crippen molar-refractivity contribution in [2.24, 2.45) is 5.92 Å². The lowest BCUT2D eigenvalue weighted by Crippen LogP contribution is -2.45. The molecule has 0 aliphatic carbocycles. The van der Waals surface area contributed by atoms with E-state index in [1.54, 1.807) is 18.9 Å². The molecule has 0 saturated carbocycles. The van der Waals surface area contributed by atoms with E-state index in [0.717, 1.165) is 21.8 Å². The van der Waals surface area contributed by atoms with Crippen LogP contribution in [-0.2, 0) is 20.9 Å². The summed E-state index contributed by atoms with van der Waals surface area (Å²) in [4.78, 5) is 42.4. The van der Waals surface area contributed by atoms with Crippen LogP contribution in [0.15, 0.2) is 30.3 Å². The molecular formula is C23H26N2O5S. The number of likely N-dealkylation sites (N-methyl/N-ethyl adjacent to an activating group) is 1. The highest BCUT2D eigenvalue weighted by molar-refractivity contribution is 7.17. The molecule has 0 unspecified atom stereocenters. The summed E-state index contributed by atoms with van der Waals surface area (Å²) in [6, 6.07) is 9.66. The normalized spacial score (nSPS) is 15.5. The van der Waals surface area contributed by atoms with Crippen LogP contribution < -0.4 is 4.74 Å². The van der Waals surface area contributed by atoms with Crippen LogP contribution in [0.2, 0.25) is 0 Å². The lowest BCUT2D eigenvalue weighted by molar-refractivity contribution is -0.151. The quantitative estimate of drug-likeness (QED) is 0.665. The Balaban J connectivity index is 1.36. The number of carbonyl (C=O) groups excluding carboxylic acids is 3. The van der Waals surface area contributed by atoms with Gasteiger partial charge in [-0.15, -0.1) is 11.3 Å². The number of thiophene rings is 1. The van der Waals surface area contributed by atoms with Crippen LogP contribution in [0.5, 0.6) is 5.75 Å². The van der Waals surface area contributed by atoms with Crippen LogP contribution in [0, 0.1) is 5.92 Å². The van der Waals surface area contributed by atoms with Crippen molar-refractivity contribution in [1.29, 1.82) is 0 Å². The number of fused-ring (bicyclic) bond motifs is 3.